The molecule has 0 aliphatic heterocycles. The van der Waals surface area contributed by atoms with Gasteiger partial charge in [-0.3, -0.25) is 0 Å². The third-order valence-electron chi connectivity index (χ3n) is 2.67. The SMILES string of the molecule is C=C(Br)CNCc1ccc(C2CC2)cc1. The van der Waals surface area contributed by atoms with Gasteiger partial charge in [0.2, 0.25) is 0 Å². The van der Waals surface area contributed by atoms with Crippen LogP contribution in [-0.4, -0.2) is 6.54 Å². The fourth-order valence-corrected chi connectivity index (χ4v) is 1.87. The third kappa shape index (κ3) is 3.47. The Morgan fingerprint density at radius 3 is 2.53 bits per heavy atom. The lowest BCUT2D eigenvalue weighted by atomic mass is 10.1. The van der Waals surface area contributed by atoms with Crippen LogP contribution < -0.4 is 5.32 Å². The minimum absolute atomic E-state index is 0.824. The fourth-order valence-electron chi connectivity index (χ4n) is 1.67. The first-order valence-electron chi connectivity index (χ1n) is 5.38. The van der Waals surface area contributed by atoms with E-state index in [0.717, 1.165) is 23.5 Å². The zero-order valence-corrected chi connectivity index (χ0v) is 10.4. The first-order valence-corrected chi connectivity index (χ1v) is 6.18. The van der Waals surface area contributed by atoms with Gasteiger partial charge in [-0.25, -0.2) is 0 Å². The second kappa shape index (κ2) is 4.95. The van der Waals surface area contributed by atoms with Crippen LogP contribution in [0.4, 0.5) is 0 Å². The molecule has 0 spiro atoms. The van der Waals surface area contributed by atoms with Crippen molar-refractivity contribution in [3.63, 3.8) is 0 Å². The predicted octanol–water partition coefficient (Wildman–Crippen LogP) is 3.56. The highest BCUT2D eigenvalue weighted by atomic mass is 79.9. The Morgan fingerprint density at radius 2 is 2.00 bits per heavy atom. The van der Waals surface area contributed by atoms with Gasteiger partial charge in [-0.05, 0) is 29.9 Å². The lowest BCUT2D eigenvalue weighted by molar-refractivity contribution is 0.757. The highest BCUT2D eigenvalue weighted by molar-refractivity contribution is 9.11. The second-order valence-electron chi connectivity index (χ2n) is 4.14. The molecule has 1 N–H and O–H groups in total. The number of benzene rings is 1. The summed E-state index contributed by atoms with van der Waals surface area (Å²) >= 11 is 3.33. The summed E-state index contributed by atoms with van der Waals surface area (Å²) in [5.74, 6) is 0.856. The van der Waals surface area contributed by atoms with Crippen LogP contribution in [0.2, 0.25) is 0 Å². The van der Waals surface area contributed by atoms with Crippen LogP contribution in [0.5, 0.6) is 0 Å². The molecular formula is C13H16BrN. The number of hydrogen-bond donors (Lipinski definition) is 1. The van der Waals surface area contributed by atoms with E-state index in [1.165, 1.54) is 24.0 Å². The molecule has 0 heterocycles. The summed E-state index contributed by atoms with van der Waals surface area (Å²) in [5, 5.41) is 3.32. The standard InChI is InChI=1S/C13H16BrN/c1-10(14)8-15-9-11-2-4-12(5-3-11)13-6-7-13/h2-5,13,15H,1,6-9H2. The van der Waals surface area contributed by atoms with Crippen LogP contribution in [0.15, 0.2) is 35.3 Å². The quantitative estimate of drug-likeness (QED) is 0.859. The molecular weight excluding hydrogens is 250 g/mol. The predicted molar refractivity (Wildman–Crippen MR) is 68.2 cm³/mol. The van der Waals surface area contributed by atoms with E-state index < -0.39 is 0 Å². The number of halogens is 1. The van der Waals surface area contributed by atoms with Crippen LogP contribution in [0.3, 0.4) is 0 Å². The van der Waals surface area contributed by atoms with Crippen molar-refractivity contribution in [2.75, 3.05) is 6.54 Å². The molecule has 1 aromatic rings. The van der Waals surface area contributed by atoms with E-state index in [4.69, 9.17) is 0 Å². The lowest BCUT2D eigenvalue weighted by Crippen LogP contribution is -2.14. The van der Waals surface area contributed by atoms with E-state index >= 15 is 0 Å². The topological polar surface area (TPSA) is 12.0 Å². The molecule has 0 amide bonds. The van der Waals surface area contributed by atoms with Gasteiger partial charge in [0.05, 0.1) is 0 Å². The molecule has 1 aliphatic rings. The van der Waals surface area contributed by atoms with Gasteiger partial charge in [0.25, 0.3) is 0 Å². The maximum absolute atomic E-state index is 3.79. The summed E-state index contributed by atoms with van der Waals surface area (Å²) < 4.78 is 0.997. The van der Waals surface area contributed by atoms with Gasteiger partial charge in [0.1, 0.15) is 0 Å². The van der Waals surface area contributed by atoms with Crippen molar-refractivity contribution in [1.82, 2.24) is 5.32 Å². The van der Waals surface area contributed by atoms with E-state index in [9.17, 15) is 0 Å². The highest BCUT2D eigenvalue weighted by Crippen LogP contribution is 2.39. The van der Waals surface area contributed by atoms with Crippen molar-refractivity contribution in [1.29, 1.82) is 0 Å². The molecule has 0 radical (unpaired) electrons. The van der Waals surface area contributed by atoms with Crippen molar-refractivity contribution < 1.29 is 0 Å². The largest absolute Gasteiger partial charge is 0.308 e. The minimum Gasteiger partial charge on any atom is -0.308 e. The first-order chi connectivity index (χ1) is 7.25. The summed E-state index contributed by atoms with van der Waals surface area (Å²) in [6.07, 6.45) is 2.75. The molecule has 2 heteroatoms. The number of rotatable bonds is 5. The molecule has 0 bridgehead atoms. The Balaban J connectivity index is 1.83. The van der Waals surface area contributed by atoms with Crippen molar-refractivity contribution >= 4 is 15.9 Å². The molecule has 1 aromatic carbocycles. The zero-order chi connectivity index (χ0) is 10.7. The molecule has 0 aromatic heterocycles. The molecule has 1 fully saturated rings. The Bertz CT molecular complexity index is 338. The average Bonchev–Trinajstić information content (AvgIpc) is 3.02. The molecule has 80 valence electrons. The van der Waals surface area contributed by atoms with Gasteiger partial charge in [0.15, 0.2) is 0 Å². The Hall–Kier alpha value is -0.600. The molecule has 1 nitrogen and oxygen atoms in total. The Kier molecular flexibility index (Phi) is 3.60. The summed E-state index contributed by atoms with van der Waals surface area (Å²) in [6, 6.07) is 8.96. The summed E-state index contributed by atoms with van der Waals surface area (Å²) in [5.41, 5.74) is 2.84. The minimum atomic E-state index is 0.824. The van der Waals surface area contributed by atoms with E-state index in [1.807, 2.05) is 0 Å². The average molecular weight is 266 g/mol. The molecule has 0 saturated heterocycles. The molecule has 1 saturated carbocycles. The first kappa shape index (κ1) is 10.9. The van der Waals surface area contributed by atoms with Gasteiger partial charge in [-0.15, -0.1) is 0 Å². The monoisotopic (exact) mass is 265 g/mol. The van der Waals surface area contributed by atoms with Crippen molar-refractivity contribution in [3.05, 3.63) is 46.5 Å². The van der Waals surface area contributed by atoms with Crippen LogP contribution in [0.1, 0.15) is 29.9 Å². The van der Waals surface area contributed by atoms with Crippen LogP contribution in [-0.2, 0) is 6.54 Å². The van der Waals surface area contributed by atoms with Gasteiger partial charge < -0.3 is 5.32 Å². The van der Waals surface area contributed by atoms with Crippen LogP contribution >= 0.6 is 15.9 Å². The van der Waals surface area contributed by atoms with E-state index in [1.54, 1.807) is 0 Å². The van der Waals surface area contributed by atoms with E-state index in [-0.39, 0.29) is 0 Å². The smallest absolute Gasteiger partial charge is 0.0268 e. The summed E-state index contributed by atoms with van der Waals surface area (Å²) in [4.78, 5) is 0. The molecule has 1 aliphatic carbocycles. The molecule has 0 unspecified atom stereocenters. The van der Waals surface area contributed by atoms with E-state index in [0.29, 0.717) is 0 Å². The van der Waals surface area contributed by atoms with Crippen LogP contribution in [0.25, 0.3) is 0 Å². The van der Waals surface area contributed by atoms with Crippen molar-refractivity contribution in [2.45, 2.75) is 25.3 Å². The zero-order valence-electron chi connectivity index (χ0n) is 8.80. The van der Waals surface area contributed by atoms with Crippen molar-refractivity contribution in [3.8, 4) is 0 Å². The third-order valence-corrected chi connectivity index (χ3v) is 2.95. The Morgan fingerprint density at radius 1 is 1.33 bits per heavy atom. The maximum Gasteiger partial charge on any atom is 0.0268 e. The summed E-state index contributed by atoms with van der Waals surface area (Å²) in [6.45, 7) is 5.52. The van der Waals surface area contributed by atoms with Crippen LogP contribution in [0, 0.1) is 0 Å². The Labute approximate surface area is 99.7 Å². The van der Waals surface area contributed by atoms with Gasteiger partial charge in [-0.1, -0.05) is 46.8 Å². The van der Waals surface area contributed by atoms with Gasteiger partial charge in [-0.2, -0.15) is 0 Å². The fraction of sp³-hybridized carbons (Fsp3) is 0.385. The molecule has 2 rings (SSSR count). The molecule has 15 heavy (non-hydrogen) atoms. The second-order valence-corrected chi connectivity index (χ2v) is 5.26. The van der Waals surface area contributed by atoms with E-state index in [2.05, 4.69) is 52.1 Å². The summed E-state index contributed by atoms with van der Waals surface area (Å²) in [7, 11) is 0. The maximum atomic E-state index is 3.79. The highest BCUT2D eigenvalue weighted by Gasteiger charge is 2.22. The normalized spacial score (nSPS) is 15.3. The lowest BCUT2D eigenvalue weighted by Gasteiger charge is -2.04. The van der Waals surface area contributed by atoms with Gasteiger partial charge >= 0.3 is 0 Å². The number of nitrogens with one attached hydrogen (secondary N) is 1. The molecule has 0 atom stereocenters. The van der Waals surface area contributed by atoms with Crippen molar-refractivity contribution in [2.24, 2.45) is 0 Å². The van der Waals surface area contributed by atoms with Gasteiger partial charge in [0, 0.05) is 17.6 Å². The number of hydrogen-bond acceptors (Lipinski definition) is 1.